The first kappa shape index (κ1) is 15.1. The molecule has 1 amide bonds. The van der Waals surface area contributed by atoms with Crippen molar-refractivity contribution in [2.45, 2.75) is 6.54 Å². The average molecular weight is 329 g/mol. The van der Waals surface area contributed by atoms with Crippen molar-refractivity contribution < 1.29 is 4.79 Å². The number of H-pyrrole nitrogens is 1. The fourth-order valence-electron chi connectivity index (χ4n) is 2.99. The summed E-state index contributed by atoms with van der Waals surface area (Å²) in [4.78, 5) is 24.5. The van der Waals surface area contributed by atoms with E-state index in [1.54, 1.807) is 18.2 Å². The summed E-state index contributed by atoms with van der Waals surface area (Å²) in [6.45, 7) is 0.235. The van der Waals surface area contributed by atoms with Gasteiger partial charge in [-0.3, -0.25) is 9.59 Å². The van der Waals surface area contributed by atoms with E-state index >= 15 is 0 Å². The van der Waals surface area contributed by atoms with E-state index in [0.29, 0.717) is 16.6 Å². The molecule has 0 saturated carbocycles. The zero-order chi connectivity index (χ0) is 17.2. The van der Waals surface area contributed by atoms with Crippen molar-refractivity contribution in [3.05, 3.63) is 88.3 Å². The van der Waals surface area contributed by atoms with Crippen molar-refractivity contribution in [1.29, 1.82) is 0 Å². The van der Waals surface area contributed by atoms with E-state index in [2.05, 4.69) is 15.5 Å². The third-order valence-corrected chi connectivity index (χ3v) is 4.23. The van der Waals surface area contributed by atoms with E-state index in [0.717, 1.165) is 16.2 Å². The summed E-state index contributed by atoms with van der Waals surface area (Å²) in [5.74, 6) is -0.172. The van der Waals surface area contributed by atoms with Crippen LogP contribution >= 0.6 is 0 Å². The first-order valence-electron chi connectivity index (χ1n) is 7.96. The average Bonchev–Trinajstić information content (AvgIpc) is 2.67. The third kappa shape index (κ3) is 2.76. The minimum Gasteiger partial charge on any atom is -0.346 e. The van der Waals surface area contributed by atoms with Gasteiger partial charge in [-0.15, -0.1) is 0 Å². The molecule has 4 aromatic rings. The second-order valence-electron chi connectivity index (χ2n) is 5.75. The number of hydrogen-bond acceptors (Lipinski definition) is 3. The molecule has 2 N–H and O–H groups in total. The number of carbonyl (C=O) groups is 1. The molecule has 4 rings (SSSR count). The maximum Gasteiger partial charge on any atom is 0.272 e. The van der Waals surface area contributed by atoms with Gasteiger partial charge in [0.15, 0.2) is 0 Å². The minimum atomic E-state index is -0.236. The van der Waals surface area contributed by atoms with E-state index in [4.69, 9.17) is 0 Å². The van der Waals surface area contributed by atoms with E-state index in [-0.39, 0.29) is 18.0 Å². The molecular formula is C20H15N3O2. The summed E-state index contributed by atoms with van der Waals surface area (Å²) in [7, 11) is 0. The highest BCUT2D eigenvalue weighted by Gasteiger charge is 2.11. The molecule has 25 heavy (non-hydrogen) atoms. The van der Waals surface area contributed by atoms with Crippen LogP contribution in [0, 0.1) is 0 Å². The number of nitrogens with one attached hydrogen (secondary N) is 2. The molecule has 0 bridgehead atoms. The number of benzene rings is 3. The van der Waals surface area contributed by atoms with Crippen LogP contribution < -0.4 is 10.9 Å². The lowest BCUT2D eigenvalue weighted by Crippen LogP contribution is -2.24. The van der Waals surface area contributed by atoms with Gasteiger partial charge in [-0.2, -0.15) is 5.10 Å². The molecule has 0 radical (unpaired) electrons. The van der Waals surface area contributed by atoms with Crippen molar-refractivity contribution in [2.24, 2.45) is 0 Å². The molecule has 0 saturated heterocycles. The molecule has 0 aliphatic heterocycles. The van der Waals surface area contributed by atoms with Crippen molar-refractivity contribution >= 4 is 27.5 Å². The third-order valence-electron chi connectivity index (χ3n) is 4.23. The fraction of sp³-hybridized carbons (Fsp3) is 0.0500. The summed E-state index contributed by atoms with van der Waals surface area (Å²) >= 11 is 0. The Kier molecular flexibility index (Phi) is 3.74. The van der Waals surface area contributed by atoms with Gasteiger partial charge in [0.25, 0.3) is 11.5 Å². The van der Waals surface area contributed by atoms with Gasteiger partial charge in [0.1, 0.15) is 0 Å². The van der Waals surface area contributed by atoms with Gasteiger partial charge in [-0.1, -0.05) is 54.6 Å². The number of hydrogen-bond donors (Lipinski definition) is 2. The van der Waals surface area contributed by atoms with Crippen LogP contribution in [0.5, 0.6) is 0 Å². The van der Waals surface area contributed by atoms with Crippen molar-refractivity contribution in [1.82, 2.24) is 15.5 Å². The zero-order valence-electron chi connectivity index (χ0n) is 13.3. The predicted octanol–water partition coefficient (Wildman–Crippen LogP) is 3.01. The molecule has 0 atom stereocenters. The number of rotatable bonds is 3. The Morgan fingerprint density at radius 2 is 1.56 bits per heavy atom. The molecule has 5 heteroatoms. The lowest BCUT2D eigenvalue weighted by atomic mass is 10.0. The van der Waals surface area contributed by atoms with Gasteiger partial charge >= 0.3 is 0 Å². The largest absolute Gasteiger partial charge is 0.346 e. The van der Waals surface area contributed by atoms with Crippen LogP contribution in [0.2, 0.25) is 0 Å². The Labute approximate surface area is 143 Å². The van der Waals surface area contributed by atoms with E-state index in [1.807, 2.05) is 48.5 Å². The first-order chi connectivity index (χ1) is 12.2. The number of nitrogens with zero attached hydrogens (tertiary/aromatic N) is 1. The molecule has 0 spiro atoms. The van der Waals surface area contributed by atoms with E-state index < -0.39 is 0 Å². The van der Waals surface area contributed by atoms with Gasteiger partial charge < -0.3 is 5.32 Å². The van der Waals surface area contributed by atoms with Gasteiger partial charge in [0, 0.05) is 10.9 Å². The molecule has 122 valence electrons. The molecule has 0 fully saturated rings. The van der Waals surface area contributed by atoms with E-state index in [9.17, 15) is 9.59 Å². The topological polar surface area (TPSA) is 74.8 Å². The maximum absolute atomic E-state index is 12.6. The number of amides is 1. The quantitative estimate of drug-likeness (QED) is 0.607. The number of aromatic amines is 1. The smallest absolute Gasteiger partial charge is 0.272 e. The minimum absolute atomic E-state index is 0.172. The summed E-state index contributed by atoms with van der Waals surface area (Å²) in [6, 6.07) is 20.6. The molecule has 0 aliphatic rings. The van der Waals surface area contributed by atoms with E-state index in [1.165, 1.54) is 0 Å². The van der Waals surface area contributed by atoms with Crippen molar-refractivity contribution in [3.8, 4) is 0 Å². The Bertz CT molecular complexity index is 1140. The van der Waals surface area contributed by atoms with Gasteiger partial charge in [0.2, 0.25) is 0 Å². The van der Waals surface area contributed by atoms with Crippen LogP contribution in [0.3, 0.4) is 0 Å². The van der Waals surface area contributed by atoms with Crippen molar-refractivity contribution in [2.75, 3.05) is 0 Å². The lowest BCUT2D eigenvalue weighted by molar-refractivity contribution is 0.0952. The van der Waals surface area contributed by atoms with Crippen LogP contribution in [-0.4, -0.2) is 16.1 Å². The predicted molar refractivity (Wildman–Crippen MR) is 97.5 cm³/mol. The van der Waals surface area contributed by atoms with Crippen LogP contribution in [0.25, 0.3) is 21.5 Å². The molecule has 1 heterocycles. The van der Waals surface area contributed by atoms with Gasteiger partial charge in [0.05, 0.1) is 17.6 Å². The Hall–Kier alpha value is -3.47. The Morgan fingerprint density at radius 3 is 2.40 bits per heavy atom. The molecule has 0 unspecified atom stereocenters. The second-order valence-corrected chi connectivity index (χ2v) is 5.75. The number of aromatic nitrogens is 2. The fourth-order valence-corrected chi connectivity index (χ4v) is 2.99. The monoisotopic (exact) mass is 329 g/mol. The lowest BCUT2D eigenvalue weighted by Gasteiger charge is -2.09. The number of carbonyl (C=O) groups excluding carboxylic acids is 1. The normalized spacial score (nSPS) is 10.9. The highest BCUT2D eigenvalue weighted by molar-refractivity contribution is 6.07. The van der Waals surface area contributed by atoms with Crippen LogP contribution in [-0.2, 0) is 6.54 Å². The molecular weight excluding hydrogens is 314 g/mol. The highest BCUT2D eigenvalue weighted by atomic mass is 16.1. The molecule has 5 nitrogen and oxygen atoms in total. The number of fused-ring (bicyclic) bond motifs is 2. The second kappa shape index (κ2) is 6.20. The standard InChI is InChI=1S/C20H15N3O2/c24-19(16-11-5-7-13-6-1-2-8-14(13)16)21-12-18-15-9-3-4-10-17(15)20(25)23-22-18/h1-11H,12H2,(H,21,24)(H,23,25). The summed E-state index contributed by atoms with van der Waals surface area (Å²) in [5, 5.41) is 12.7. The molecule has 1 aromatic heterocycles. The Balaban J connectivity index is 1.65. The summed E-state index contributed by atoms with van der Waals surface area (Å²) in [6.07, 6.45) is 0. The maximum atomic E-state index is 12.6. The van der Waals surface area contributed by atoms with Crippen LogP contribution in [0.1, 0.15) is 16.1 Å². The van der Waals surface area contributed by atoms with Gasteiger partial charge in [-0.25, -0.2) is 5.10 Å². The summed E-state index contributed by atoms with van der Waals surface area (Å²) in [5.41, 5.74) is 1.01. The Morgan fingerprint density at radius 1 is 0.880 bits per heavy atom. The zero-order valence-corrected chi connectivity index (χ0v) is 13.3. The highest BCUT2D eigenvalue weighted by Crippen LogP contribution is 2.18. The summed E-state index contributed by atoms with van der Waals surface area (Å²) < 4.78 is 0. The van der Waals surface area contributed by atoms with Crippen LogP contribution in [0.4, 0.5) is 0 Å². The molecule has 3 aromatic carbocycles. The first-order valence-corrected chi connectivity index (χ1v) is 7.96. The van der Waals surface area contributed by atoms with Crippen LogP contribution in [0.15, 0.2) is 71.5 Å². The SMILES string of the molecule is O=C(NCc1n[nH]c(=O)c2ccccc12)c1cccc2ccccc12. The molecule has 0 aliphatic carbocycles. The van der Waals surface area contributed by atoms with Gasteiger partial charge in [-0.05, 0) is 22.9 Å². The van der Waals surface area contributed by atoms with Crippen molar-refractivity contribution in [3.63, 3.8) is 0 Å².